The highest BCUT2D eigenvalue weighted by molar-refractivity contribution is 6.34. The average molecular weight is 309 g/mol. The molecule has 0 atom stereocenters. The summed E-state index contributed by atoms with van der Waals surface area (Å²) in [6.45, 7) is 0. The predicted molar refractivity (Wildman–Crippen MR) is 94.9 cm³/mol. The molecule has 2 aromatic carbocycles. The van der Waals surface area contributed by atoms with E-state index in [0.29, 0.717) is 0 Å². The Kier molecular flexibility index (Phi) is 4.71. The van der Waals surface area contributed by atoms with E-state index in [1.54, 1.807) is 0 Å². The number of aliphatic imine (C=N–C) groups is 1. The third-order valence-electron chi connectivity index (χ3n) is 3.54. The molecule has 110 valence electrons. The molecule has 0 saturated heterocycles. The molecular formula is C19H17ClN2. The zero-order valence-corrected chi connectivity index (χ0v) is 12.9. The molecule has 0 saturated carbocycles. The summed E-state index contributed by atoms with van der Waals surface area (Å²) in [7, 11) is 0. The van der Waals surface area contributed by atoms with Gasteiger partial charge in [0.15, 0.2) is 0 Å². The molecular weight excluding hydrogens is 292 g/mol. The van der Waals surface area contributed by atoms with Gasteiger partial charge in [-0.05, 0) is 48.3 Å². The van der Waals surface area contributed by atoms with Gasteiger partial charge in [-0.1, -0.05) is 48.0 Å². The molecule has 3 heteroatoms. The zero-order chi connectivity index (χ0) is 15.2. The van der Waals surface area contributed by atoms with Crippen molar-refractivity contribution in [3.05, 3.63) is 83.0 Å². The summed E-state index contributed by atoms with van der Waals surface area (Å²) < 4.78 is 0. The lowest BCUT2D eigenvalue weighted by molar-refractivity contribution is 1.04. The molecule has 0 radical (unpaired) electrons. The van der Waals surface area contributed by atoms with Crippen LogP contribution in [-0.4, -0.2) is 6.21 Å². The second kappa shape index (κ2) is 7.10. The lowest BCUT2D eigenvalue weighted by Gasteiger charge is -2.02. The summed E-state index contributed by atoms with van der Waals surface area (Å²) >= 11 is 6.46. The second-order valence-corrected chi connectivity index (χ2v) is 5.49. The highest BCUT2D eigenvalue weighted by atomic mass is 35.5. The number of rotatable bonds is 4. The van der Waals surface area contributed by atoms with Crippen molar-refractivity contribution >= 4 is 29.2 Å². The Labute approximate surface area is 135 Å². The maximum Gasteiger partial charge on any atom is 0.0629 e. The Morgan fingerprint density at radius 1 is 0.909 bits per heavy atom. The van der Waals surface area contributed by atoms with Crippen molar-refractivity contribution in [3.8, 4) is 0 Å². The summed E-state index contributed by atoms with van der Waals surface area (Å²) in [6, 6.07) is 20.0. The fraction of sp³-hybridized carbons (Fsp3) is 0.105. The molecule has 1 N–H and O–H groups in total. The van der Waals surface area contributed by atoms with Crippen molar-refractivity contribution in [2.45, 2.75) is 12.8 Å². The van der Waals surface area contributed by atoms with Gasteiger partial charge in [0.05, 0.1) is 5.69 Å². The summed E-state index contributed by atoms with van der Waals surface area (Å²) in [5, 5.41) is 4.09. The SMILES string of the molecule is ClC1=C(C=Nc2ccccc2)CCC1=CNc1ccccc1. The first-order valence-electron chi connectivity index (χ1n) is 7.32. The van der Waals surface area contributed by atoms with Crippen LogP contribution in [0.5, 0.6) is 0 Å². The van der Waals surface area contributed by atoms with Gasteiger partial charge in [-0.2, -0.15) is 0 Å². The molecule has 1 aliphatic carbocycles. The Balaban J connectivity index is 1.71. The highest BCUT2D eigenvalue weighted by Gasteiger charge is 2.16. The predicted octanol–water partition coefficient (Wildman–Crippen LogP) is 5.67. The van der Waals surface area contributed by atoms with Crippen LogP contribution in [0.2, 0.25) is 0 Å². The Hall–Kier alpha value is -2.32. The van der Waals surface area contributed by atoms with E-state index in [1.165, 1.54) is 0 Å². The van der Waals surface area contributed by atoms with Crippen LogP contribution >= 0.6 is 11.6 Å². The molecule has 0 aliphatic heterocycles. The molecule has 0 spiro atoms. The van der Waals surface area contributed by atoms with E-state index < -0.39 is 0 Å². The largest absolute Gasteiger partial charge is 0.361 e. The van der Waals surface area contributed by atoms with Crippen molar-refractivity contribution in [1.29, 1.82) is 0 Å². The third kappa shape index (κ3) is 3.66. The molecule has 0 bridgehead atoms. The summed E-state index contributed by atoms with van der Waals surface area (Å²) in [4.78, 5) is 4.48. The third-order valence-corrected chi connectivity index (χ3v) is 4.03. The second-order valence-electron chi connectivity index (χ2n) is 5.11. The number of benzene rings is 2. The minimum Gasteiger partial charge on any atom is -0.361 e. The first kappa shape index (κ1) is 14.6. The molecule has 0 heterocycles. The smallest absolute Gasteiger partial charge is 0.0629 e. The van der Waals surface area contributed by atoms with E-state index in [2.05, 4.69) is 10.3 Å². The molecule has 0 fully saturated rings. The van der Waals surface area contributed by atoms with Gasteiger partial charge in [0.1, 0.15) is 0 Å². The van der Waals surface area contributed by atoms with Crippen molar-refractivity contribution in [2.24, 2.45) is 4.99 Å². The number of nitrogens with zero attached hydrogens (tertiary/aromatic N) is 1. The van der Waals surface area contributed by atoms with Crippen molar-refractivity contribution in [2.75, 3.05) is 5.32 Å². The fourth-order valence-corrected chi connectivity index (χ4v) is 2.62. The van der Waals surface area contributed by atoms with E-state index in [-0.39, 0.29) is 0 Å². The van der Waals surface area contributed by atoms with E-state index in [4.69, 9.17) is 11.6 Å². The van der Waals surface area contributed by atoms with Crippen LogP contribution in [0.3, 0.4) is 0 Å². The Morgan fingerprint density at radius 3 is 2.32 bits per heavy atom. The molecule has 1 aliphatic rings. The van der Waals surface area contributed by atoms with Crippen LogP contribution in [0, 0.1) is 0 Å². The number of halogens is 1. The Morgan fingerprint density at radius 2 is 1.59 bits per heavy atom. The van der Waals surface area contributed by atoms with E-state index in [1.807, 2.05) is 73.1 Å². The molecule has 2 aromatic rings. The maximum atomic E-state index is 6.46. The van der Waals surface area contributed by atoms with Crippen molar-refractivity contribution in [1.82, 2.24) is 0 Å². The quantitative estimate of drug-likeness (QED) is 0.723. The van der Waals surface area contributed by atoms with Gasteiger partial charge in [-0.25, -0.2) is 0 Å². The molecule has 3 rings (SSSR count). The number of hydrogen-bond donors (Lipinski definition) is 1. The standard InChI is InChI=1S/C19H17ClN2/c20-19-15(13-21-17-7-3-1-4-8-17)11-12-16(19)14-22-18-9-5-2-6-10-18/h1-10,13-14,21H,11-12H2. The average Bonchev–Trinajstić information content (AvgIpc) is 2.93. The number of allylic oxidation sites excluding steroid dienone is 3. The van der Waals surface area contributed by atoms with Crippen LogP contribution < -0.4 is 5.32 Å². The van der Waals surface area contributed by atoms with Gasteiger partial charge in [-0.15, -0.1) is 0 Å². The molecule has 0 amide bonds. The lowest BCUT2D eigenvalue weighted by atomic mass is 10.2. The maximum absolute atomic E-state index is 6.46. The highest BCUT2D eigenvalue weighted by Crippen LogP contribution is 2.33. The van der Waals surface area contributed by atoms with E-state index in [9.17, 15) is 0 Å². The first-order valence-corrected chi connectivity index (χ1v) is 7.69. The molecule has 2 nitrogen and oxygen atoms in total. The van der Waals surface area contributed by atoms with Gasteiger partial charge in [-0.3, -0.25) is 4.99 Å². The number of anilines is 1. The van der Waals surface area contributed by atoms with Crippen LogP contribution in [0.15, 0.2) is 88.0 Å². The van der Waals surface area contributed by atoms with Crippen LogP contribution in [0.25, 0.3) is 0 Å². The number of nitrogens with one attached hydrogen (secondary N) is 1. The molecule has 0 unspecified atom stereocenters. The monoisotopic (exact) mass is 308 g/mol. The topological polar surface area (TPSA) is 24.4 Å². The lowest BCUT2D eigenvalue weighted by Crippen LogP contribution is -1.89. The van der Waals surface area contributed by atoms with Crippen LogP contribution in [-0.2, 0) is 0 Å². The van der Waals surface area contributed by atoms with Crippen molar-refractivity contribution < 1.29 is 0 Å². The van der Waals surface area contributed by atoms with E-state index in [0.717, 1.165) is 40.4 Å². The van der Waals surface area contributed by atoms with Crippen LogP contribution in [0.4, 0.5) is 11.4 Å². The van der Waals surface area contributed by atoms with Gasteiger partial charge in [0, 0.05) is 23.1 Å². The van der Waals surface area contributed by atoms with Gasteiger partial charge in [0.2, 0.25) is 0 Å². The Bertz CT molecular complexity index is 716. The van der Waals surface area contributed by atoms with Gasteiger partial charge in [0.25, 0.3) is 0 Å². The minimum atomic E-state index is 0.808. The minimum absolute atomic E-state index is 0.808. The normalized spacial score (nSPS) is 16.7. The summed E-state index contributed by atoms with van der Waals surface area (Å²) in [6.07, 6.45) is 5.73. The number of para-hydroxylation sites is 2. The van der Waals surface area contributed by atoms with Gasteiger partial charge >= 0.3 is 0 Å². The number of hydrogen-bond acceptors (Lipinski definition) is 2. The van der Waals surface area contributed by atoms with Crippen molar-refractivity contribution in [3.63, 3.8) is 0 Å². The first-order chi connectivity index (χ1) is 10.8. The molecule has 0 aromatic heterocycles. The molecule has 22 heavy (non-hydrogen) atoms. The summed E-state index contributed by atoms with van der Waals surface area (Å²) in [5.74, 6) is 0. The fourth-order valence-electron chi connectivity index (χ4n) is 2.32. The zero-order valence-electron chi connectivity index (χ0n) is 12.2. The van der Waals surface area contributed by atoms with Crippen LogP contribution in [0.1, 0.15) is 12.8 Å². The van der Waals surface area contributed by atoms with E-state index >= 15 is 0 Å². The van der Waals surface area contributed by atoms with Gasteiger partial charge < -0.3 is 5.32 Å². The summed E-state index contributed by atoms with van der Waals surface area (Å²) in [5.41, 5.74) is 4.22.